The van der Waals surface area contributed by atoms with Gasteiger partial charge in [0.25, 0.3) is 0 Å². The van der Waals surface area contributed by atoms with Gasteiger partial charge in [0.05, 0.1) is 6.04 Å². The Balaban J connectivity index is 1.46. The molecule has 1 fully saturated rings. The number of benzene rings is 1. The Kier molecular flexibility index (Phi) is 5.80. The molecule has 8 heteroatoms. The zero-order valence-electron chi connectivity index (χ0n) is 16.7. The largest absolute Gasteiger partial charge is 0.374 e. The second-order valence-electron chi connectivity index (χ2n) is 7.72. The Bertz CT molecular complexity index is 861. The van der Waals surface area contributed by atoms with Gasteiger partial charge in [0.1, 0.15) is 6.26 Å². The molecule has 29 heavy (non-hydrogen) atoms. The quantitative estimate of drug-likeness (QED) is 0.750. The number of carbonyl (C=O) groups is 2. The molecule has 0 unspecified atom stereocenters. The lowest BCUT2D eigenvalue weighted by Crippen LogP contribution is -2.41. The summed E-state index contributed by atoms with van der Waals surface area (Å²) in [5, 5.41) is 8.82. The first-order valence-electron chi connectivity index (χ1n) is 10.2. The van der Waals surface area contributed by atoms with E-state index >= 15 is 0 Å². The molecule has 1 aromatic heterocycles. The van der Waals surface area contributed by atoms with Crippen LogP contribution >= 0.6 is 0 Å². The lowest BCUT2D eigenvalue weighted by molar-refractivity contribution is -0.136. The molecular weight excluding hydrogens is 370 g/mol. The predicted molar refractivity (Wildman–Crippen MR) is 110 cm³/mol. The summed E-state index contributed by atoms with van der Waals surface area (Å²) in [6, 6.07) is 8.16. The first-order valence-corrected chi connectivity index (χ1v) is 10.2. The average molecular weight is 397 g/mol. The molecule has 0 aliphatic carbocycles. The van der Waals surface area contributed by atoms with Crippen molar-refractivity contribution in [3.63, 3.8) is 0 Å². The number of aryl methyl sites for hydroxylation is 1. The van der Waals surface area contributed by atoms with Crippen molar-refractivity contribution in [2.75, 3.05) is 43.4 Å². The molecule has 0 saturated carbocycles. The van der Waals surface area contributed by atoms with Crippen molar-refractivity contribution in [3.05, 3.63) is 41.7 Å². The highest BCUT2D eigenvalue weighted by Gasteiger charge is 2.26. The van der Waals surface area contributed by atoms with Crippen molar-refractivity contribution in [1.29, 1.82) is 0 Å². The van der Waals surface area contributed by atoms with Gasteiger partial charge >= 0.3 is 11.8 Å². The molecule has 2 aromatic rings. The number of carbonyl (C=O) groups excluding carboxylic acids is 2. The highest BCUT2D eigenvalue weighted by molar-refractivity contribution is 6.39. The molecule has 0 radical (unpaired) electrons. The minimum Gasteiger partial charge on any atom is -0.374 e. The lowest BCUT2D eigenvalue weighted by Gasteiger charge is -2.31. The number of hydrogen-bond acceptors (Lipinski definition) is 6. The molecule has 0 spiro atoms. The molecule has 1 atom stereocenters. The molecule has 4 rings (SSSR count). The third-order valence-corrected chi connectivity index (χ3v) is 5.76. The van der Waals surface area contributed by atoms with Gasteiger partial charge in [-0.1, -0.05) is 17.3 Å². The van der Waals surface area contributed by atoms with Gasteiger partial charge in [-0.2, -0.15) is 0 Å². The van der Waals surface area contributed by atoms with E-state index in [1.807, 2.05) is 0 Å². The highest BCUT2D eigenvalue weighted by atomic mass is 16.5. The Labute approximate surface area is 170 Å². The Morgan fingerprint density at radius 2 is 1.97 bits per heavy atom. The van der Waals surface area contributed by atoms with Crippen LogP contribution < -0.4 is 15.5 Å². The number of nitrogens with one attached hydrogen (secondary N) is 2. The third kappa shape index (κ3) is 4.42. The number of amides is 2. The predicted octanol–water partition coefficient (Wildman–Crippen LogP) is 1.95. The number of fused-ring (bicyclic) bond motifs is 1. The van der Waals surface area contributed by atoms with Crippen LogP contribution in [0.25, 0.3) is 0 Å². The van der Waals surface area contributed by atoms with Gasteiger partial charge < -0.3 is 14.7 Å². The van der Waals surface area contributed by atoms with E-state index in [2.05, 4.69) is 55.4 Å². The number of rotatable bonds is 5. The van der Waals surface area contributed by atoms with E-state index < -0.39 is 11.8 Å². The minimum atomic E-state index is -0.744. The van der Waals surface area contributed by atoms with E-state index in [1.165, 1.54) is 29.1 Å². The lowest BCUT2D eigenvalue weighted by atomic mass is 9.96. The van der Waals surface area contributed by atoms with E-state index in [-0.39, 0.29) is 11.9 Å². The van der Waals surface area contributed by atoms with Crippen LogP contribution in [0.5, 0.6) is 0 Å². The van der Waals surface area contributed by atoms with Crippen molar-refractivity contribution < 1.29 is 14.1 Å². The molecule has 2 N–H and O–H groups in total. The second kappa shape index (κ2) is 8.65. The molecule has 2 amide bonds. The van der Waals surface area contributed by atoms with Crippen LogP contribution in [0.2, 0.25) is 0 Å². The van der Waals surface area contributed by atoms with Gasteiger partial charge in [0, 0.05) is 31.9 Å². The zero-order valence-corrected chi connectivity index (χ0v) is 16.7. The summed E-state index contributed by atoms with van der Waals surface area (Å²) in [6.45, 7) is 3.48. The van der Waals surface area contributed by atoms with Gasteiger partial charge in [-0.25, -0.2) is 0 Å². The topological polar surface area (TPSA) is 90.7 Å². The number of likely N-dealkylation sites (tertiary alicyclic amines) is 1. The maximum absolute atomic E-state index is 12.3. The first kappa shape index (κ1) is 19.4. The third-order valence-electron chi connectivity index (χ3n) is 5.76. The van der Waals surface area contributed by atoms with Crippen molar-refractivity contribution in [1.82, 2.24) is 15.4 Å². The molecular formula is C21H27N5O3. The Morgan fingerprint density at radius 3 is 2.72 bits per heavy atom. The summed E-state index contributed by atoms with van der Waals surface area (Å²) < 4.78 is 4.67. The van der Waals surface area contributed by atoms with Crippen LogP contribution in [0.3, 0.4) is 0 Å². The summed E-state index contributed by atoms with van der Waals surface area (Å²) in [6.07, 6.45) is 5.88. The van der Waals surface area contributed by atoms with Crippen molar-refractivity contribution in [3.8, 4) is 0 Å². The van der Waals surface area contributed by atoms with Crippen molar-refractivity contribution in [2.24, 2.45) is 0 Å². The molecule has 0 bridgehead atoms. The molecule has 2 aliphatic rings. The van der Waals surface area contributed by atoms with Crippen LogP contribution in [0.4, 0.5) is 11.5 Å². The Hall–Kier alpha value is -2.87. The van der Waals surface area contributed by atoms with Gasteiger partial charge in [-0.05, 0) is 56.0 Å². The normalized spacial score (nSPS) is 17.6. The fourth-order valence-electron chi connectivity index (χ4n) is 4.24. The minimum absolute atomic E-state index is 0.0545. The number of hydrogen-bond donors (Lipinski definition) is 2. The standard InChI is InChI=1S/C21H27N5O3/c1-25-9-4-5-15-13-16(6-7-17(15)25)18(26-10-2-3-11-26)14-22-20(27)21(28)23-19-8-12-29-24-19/h6-8,12-13,18H,2-5,9-11,14H2,1H3,(H,22,27)(H,23,24,28)/t18-/m1/s1. The number of anilines is 2. The monoisotopic (exact) mass is 397 g/mol. The van der Waals surface area contributed by atoms with E-state index in [0.717, 1.165) is 45.3 Å². The van der Waals surface area contributed by atoms with E-state index in [9.17, 15) is 9.59 Å². The summed E-state index contributed by atoms with van der Waals surface area (Å²) >= 11 is 0. The van der Waals surface area contributed by atoms with Crippen LogP contribution in [-0.4, -0.2) is 55.1 Å². The van der Waals surface area contributed by atoms with E-state index in [0.29, 0.717) is 6.54 Å². The fourth-order valence-corrected chi connectivity index (χ4v) is 4.24. The molecule has 3 heterocycles. The SMILES string of the molecule is CN1CCCc2cc([C@@H](CNC(=O)C(=O)Nc3ccon3)N3CCCC3)ccc21. The summed E-state index contributed by atoms with van der Waals surface area (Å²) in [5.41, 5.74) is 3.84. The fraction of sp³-hybridized carbons (Fsp3) is 0.476. The first-order chi connectivity index (χ1) is 14.1. The molecule has 1 aromatic carbocycles. The molecule has 154 valence electrons. The van der Waals surface area contributed by atoms with Gasteiger partial charge in [-0.15, -0.1) is 0 Å². The van der Waals surface area contributed by atoms with Crippen LogP contribution in [0.1, 0.15) is 36.4 Å². The van der Waals surface area contributed by atoms with Gasteiger partial charge in [-0.3, -0.25) is 19.8 Å². The second-order valence-corrected chi connectivity index (χ2v) is 7.72. The van der Waals surface area contributed by atoms with Gasteiger partial charge in [0.15, 0.2) is 5.82 Å². The molecule has 2 aliphatic heterocycles. The number of nitrogens with zero attached hydrogens (tertiary/aromatic N) is 3. The maximum atomic E-state index is 12.3. The van der Waals surface area contributed by atoms with Crippen molar-refractivity contribution in [2.45, 2.75) is 31.7 Å². The van der Waals surface area contributed by atoms with Crippen LogP contribution in [0.15, 0.2) is 35.1 Å². The van der Waals surface area contributed by atoms with Crippen molar-refractivity contribution >= 4 is 23.3 Å². The number of aromatic nitrogens is 1. The highest BCUT2D eigenvalue weighted by Crippen LogP contribution is 2.31. The molecule has 1 saturated heterocycles. The van der Waals surface area contributed by atoms with Crippen LogP contribution in [-0.2, 0) is 16.0 Å². The molecule has 8 nitrogen and oxygen atoms in total. The zero-order chi connectivity index (χ0) is 20.2. The smallest absolute Gasteiger partial charge is 0.314 e. The summed E-state index contributed by atoms with van der Waals surface area (Å²) in [7, 11) is 2.13. The van der Waals surface area contributed by atoms with E-state index in [4.69, 9.17) is 0 Å². The average Bonchev–Trinajstić information content (AvgIpc) is 3.42. The maximum Gasteiger partial charge on any atom is 0.314 e. The Morgan fingerprint density at radius 1 is 1.14 bits per heavy atom. The van der Waals surface area contributed by atoms with Crippen LogP contribution in [0, 0.1) is 0 Å². The summed E-state index contributed by atoms with van der Waals surface area (Å²) in [4.78, 5) is 29.1. The van der Waals surface area contributed by atoms with Gasteiger partial charge in [0.2, 0.25) is 0 Å². The summed E-state index contributed by atoms with van der Waals surface area (Å²) in [5.74, 6) is -1.19. The van der Waals surface area contributed by atoms with E-state index in [1.54, 1.807) is 0 Å².